The SMILES string of the molecule is CC(=O)c1ccc(Oc2ccc(Br)cc2C)c(Br)c1. The first-order valence-corrected chi connectivity index (χ1v) is 7.30. The van der Waals surface area contributed by atoms with Gasteiger partial charge in [-0.2, -0.15) is 0 Å². The van der Waals surface area contributed by atoms with Crippen molar-refractivity contribution >= 4 is 37.6 Å². The van der Waals surface area contributed by atoms with Gasteiger partial charge >= 0.3 is 0 Å². The minimum Gasteiger partial charge on any atom is -0.456 e. The lowest BCUT2D eigenvalue weighted by Crippen LogP contribution is -1.94. The smallest absolute Gasteiger partial charge is 0.159 e. The molecular weight excluding hydrogens is 372 g/mol. The highest BCUT2D eigenvalue weighted by atomic mass is 79.9. The Morgan fingerprint density at radius 1 is 1.05 bits per heavy atom. The number of benzene rings is 2. The molecule has 0 radical (unpaired) electrons. The Kier molecular flexibility index (Phi) is 4.42. The minimum absolute atomic E-state index is 0.0343. The first kappa shape index (κ1) is 14.3. The summed E-state index contributed by atoms with van der Waals surface area (Å²) in [7, 11) is 0. The second-order valence-electron chi connectivity index (χ2n) is 4.21. The lowest BCUT2D eigenvalue weighted by atomic mass is 10.1. The van der Waals surface area contributed by atoms with E-state index in [4.69, 9.17) is 4.74 Å². The predicted molar refractivity (Wildman–Crippen MR) is 83.1 cm³/mol. The van der Waals surface area contributed by atoms with Crippen molar-refractivity contribution < 1.29 is 9.53 Å². The van der Waals surface area contributed by atoms with E-state index in [2.05, 4.69) is 31.9 Å². The second-order valence-corrected chi connectivity index (χ2v) is 5.98. The Morgan fingerprint density at radius 3 is 2.32 bits per heavy atom. The van der Waals surface area contributed by atoms with Crippen LogP contribution in [0.5, 0.6) is 11.5 Å². The number of rotatable bonds is 3. The highest BCUT2D eigenvalue weighted by Gasteiger charge is 2.08. The van der Waals surface area contributed by atoms with Gasteiger partial charge in [0.05, 0.1) is 4.47 Å². The van der Waals surface area contributed by atoms with Gasteiger partial charge in [-0.3, -0.25) is 4.79 Å². The Balaban J connectivity index is 2.31. The van der Waals surface area contributed by atoms with Gasteiger partial charge in [0.25, 0.3) is 0 Å². The van der Waals surface area contributed by atoms with Crippen molar-refractivity contribution in [2.45, 2.75) is 13.8 Å². The van der Waals surface area contributed by atoms with E-state index >= 15 is 0 Å². The summed E-state index contributed by atoms with van der Waals surface area (Å²) < 4.78 is 7.63. The number of carbonyl (C=O) groups excluding carboxylic acids is 1. The van der Waals surface area contributed by atoms with Crippen molar-refractivity contribution in [3.8, 4) is 11.5 Å². The molecule has 2 nitrogen and oxygen atoms in total. The summed E-state index contributed by atoms with van der Waals surface area (Å²) in [6.45, 7) is 3.53. The van der Waals surface area contributed by atoms with Crippen LogP contribution in [-0.2, 0) is 0 Å². The van der Waals surface area contributed by atoms with Crippen molar-refractivity contribution in [3.05, 3.63) is 56.5 Å². The maximum Gasteiger partial charge on any atom is 0.159 e. The predicted octanol–water partition coefficient (Wildman–Crippen LogP) is 5.51. The fourth-order valence-corrected chi connectivity index (χ4v) is 2.58. The average Bonchev–Trinajstić information content (AvgIpc) is 2.34. The molecule has 98 valence electrons. The second kappa shape index (κ2) is 5.88. The molecule has 0 atom stereocenters. The maximum absolute atomic E-state index is 11.3. The summed E-state index contributed by atoms with van der Waals surface area (Å²) in [5, 5.41) is 0. The van der Waals surface area contributed by atoms with E-state index in [0.717, 1.165) is 20.3 Å². The molecule has 0 bridgehead atoms. The molecule has 0 N–H and O–H groups in total. The zero-order valence-corrected chi connectivity index (χ0v) is 13.7. The van der Waals surface area contributed by atoms with Crippen LogP contribution in [0.2, 0.25) is 0 Å². The van der Waals surface area contributed by atoms with Gasteiger partial charge < -0.3 is 4.74 Å². The number of aryl methyl sites for hydroxylation is 1. The van der Waals surface area contributed by atoms with Crippen molar-refractivity contribution in [2.75, 3.05) is 0 Å². The van der Waals surface area contributed by atoms with Gasteiger partial charge in [-0.05, 0) is 71.7 Å². The Hall–Kier alpha value is -1.13. The molecule has 2 aromatic carbocycles. The van der Waals surface area contributed by atoms with Crippen molar-refractivity contribution in [2.24, 2.45) is 0 Å². The van der Waals surface area contributed by atoms with E-state index in [1.54, 1.807) is 25.1 Å². The highest BCUT2D eigenvalue weighted by Crippen LogP contribution is 2.33. The van der Waals surface area contributed by atoms with Gasteiger partial charge in [0.1, 0.15) is 11.5 Å². The number of ketones is 1. The summed E-state index contributed by atoms with van der Waals surface area (Å²) in [6, 6.07) is 11.2. The molecule has 0 aromatic heterocycles. The van der Waals surface area contributed by atoms with Crippen LogP contribution in [0, 0.1) is 6.92 Å². The molecule has 4 heteroatoms. The molecule has 2 aromatic rings. The van der Waals surface area contributed by atoms with Gasteiger partial charge in [-0.1, -0.05) is 15.9 Å². The first-order chi connectivity index (χ1) is 8.97. The van der Waals surface area contributed by atoms with E-state index in [-0.39, 0.29) is 5.78 Å². The fraction of sp³-hybridized carbons (Fsp3) is 0.133. The zero-order valence-electron chi connectivity index (χ0n) is 10.5. The van der Waals surface area contributed by atoms with E-state index in [9.17, 15) is 4.79 Å². The van der Waals surface area contributed by atoms with Crippen LogP contribution < -0.4 is 4.74 Å². The van der Waals surface area contributed by atoms with E-state index in [1.807, 2.05) is 25.1 Å². The third kappa shape index (κ3) is 3.45. The first-order valence-electron chi connectivity index (χ1n) is 5.72. The third-order valence-corrected chi connectivity index (χ3v) is 3.81. The van der Waals surface area contributed by atoms with Crippen LogP contribution in [-0.4, -0.2) is 5.78 Å². The quantitative estimate of drug-likeness (QED) is 0.652. The van der Waals surface area contributed by atoms with E-state index in [0.29, 0.717) is 11.3 Å². The molecule has 0 amide bonds. The summed E-state index contributed by atoms with van der Waals surface area (Å²) in [5.74, 6) is 1.52. The molecule has 2 rings (SSSR count). The molecular formula is C15H12Br2O2. The lowest BCUT2D eigenvalue weighted by molar-refractivity contribution is 0.101. The Labute approximate surface area is 129 Å². The maximum atomic E-state index is 11.3. The molecule has 0 aliphatic heterocycles. The average molecular weight is 384 g/mol. The Bertz CT molecular complexity index is 636. The number of carbonyl (C=O) groups is 1. The number of hydrogen-bond acceptors (Lipinski definition) is 2. The molecule has 0 saturated carbocycles. The van der Waals surface area contributed by atoms with Crippen molar-refractivity contribution in [3.63, 3.8) is 0 Å². The number of halogens is 2. The van der Waals surface area contributed by atoms with Crippen LogP contribution in [0.3, 0.4) is 0 Å². The standard InChI is InChI=1S/C15H12Br2O2/c1-9-7-12(16)4-6-14(9)19-15-5-3-11(10(2)18)8-13(15)17/h3-8H,1-2H3. The molecule has 19 heavy (non-hydrogen) atoms. The van der Waals surface area contributed by atoms with E-state index < -0.39 is 0 Å². The van der Waals surface area contributed by atoms with Crippen LogP contribution in [0.4, 0.5) is 0 Å². The number of Topliss-reactive ketones (excluding diaryl/α,β-unsaturated/α-hetero) is 1. The molecule has 0 heterocycles. The monoisotopic (exact) mass is 382 g/mol. The number of ether oxygens (including phenoxy) is 1. The molecule has 0 aliphatic carbocycles. The van der Waals surface area contributed by atoms with Crippen molar-refractivity contribution in [1.82, 2.24) is 0 Å². The molecule has 0 unspecified atom stereocenters. The van der Waals surface area contributed by atoms with Crippen LogP contribution in [0.1, 0.15) is 22.8 Å². The summed E-state index contributed by atoms with van der Waals surface area (Å²) in [5.41, 5.74) is 1.70. The summed E-state index contributed by atoms with van der Waals surface area (Å²) in [4.78, 5) is 11.3. The molecule has 0 fully saturated rings. The van der Waals surface area contributed by atoms with Gasteiger partial charge in [0.2, 0.25) is 0 Å². The Morgan fingerprint density at radius 2 is 1.74 bits per heavy atom. The van der Waals surface area contributed by atoms with Crippen LogP contribution >= 0.6 is 31.9 Å². The normalized spacial score (nSPS) is 10.3. The largest absolute Gasteiger partial charge is 0.456 e. The van der Waals surface area contributed by atoms with E-state index in [1.165, 1.54) is 0 Å². The van der Waals surface area contributed by atoms with Crippen LogP contribution in [0.25, 0.3) is 0 Å². The summed E-state index contributed by atoms with van der Waals surface area (Å²) >= 11 is 6.84. The minimum atomic E-state index is 0.0343. The topological polar surface area (TPSA) is 26.3 Å². The van der Waals surface area contributed by atoms with Crippen molar-refractivity contribution in [1.29, 1.82) is 0 Å². The summed E-state index contributed by atoms with van der Waals surface area (Å²) in [6.07, 6.45) is 0. The highest BCUT2D eigenvalue weighted by molar-refractivity contribution is 9.10. The molecule has 0 saturated heterocycles. The molecule has 0 aliphatic rings. The number of hydrogen-bond donors (Lipinski definition) is 0. The van der Waals surface area contributed by atoms with Gasteiger partial charge in [-0.15, -0.1) is 0 Å². The molecule has 0 spiro atoms. The third-order valence-electron chi connectivity index (χ3n) is 2.70. The fourth-order valence-electron chi connectivity index (χ4n) is 1.65. The van der Waals surface area contributed by atoms with Crippen LogP contribution in [0.15, 0.2) is 45.3 Å². The zero-order chi connectivity index (χ0) is 14.0. The van der Waals surface area contributed by atoms with Gasteiger partial charge in [0.15, 0.2) is 5.78 Å². The lowest BCUT2D eigenvalue weighted by Gasteiger charge is -2.11. The van der Waals surface area contributed by atoms with Gasteiger partial charge in [-0.25, -0.2) is 0 Å². The van der Waals surface area contributed by atoms with Gasteiger partial charge in [0, 0.05) is 10.0 Å².